The van der Waals surface area contributed by atoms with Crippen LogP contribution in [0.5, 0.6) is 11.5 Å². The maximum Gasteiger partial charge on any atom is 0.280 e. The normalized spacial score (nSPS) is 21.0. The van der Waals surface area contributed by atoms with Crippen LogP contribution in [0.25, 0.3) is 0 Å². The number of nitrogens with two attached hydrogens (primary N) is 1. The monoisotopic (exact) mass is 388 g/mol. The van der Waals surface area contributed by atoms with Gasteiger partial charge < -0.3 is 25.4 Å². The van der Waals surface area contributed by atoms with E-state index in [1.54, 1.807) is 11.4 Å². The fraction of sp³-hybridized carbons (Fsp3) is 0.368. The number of thiophene rings is 1. The van der Waals surface area contributed by atoms with E-state index in [-0.39, 0.29) is 11.9 Å². The Morgan fingerprint density at radius 1 is 1.22 bits per heavy atom. The number of amides is 2. The summed E-state index contributed by atoms with van der Waals surface area (Å²) in [6.07, 6.45) is 2.08. The van der Waals surface area contributed by atoms with Crippen molar-refractivity contribution in [2.24, 2.45) is 5.73 Å². The van der Waals surface area contributed by atoms with E-state index < -0.39 is 5.91 Å². The molecule has 1 aromatic heterocycles. The van der Waals surface area contributed by atoms with E-state index in [1.165, 1.54) is 16.2 Å². The third-order valence-electron chi connectivity index (χ3n) is 5.02. The van der Waals surface area contributed by atoms with Gasteiger partial charge in [-0.15, -0.1) is 11.3 Å². The number of likely N-dealkylation sites (tertiary alicyclic amines) is 1. The summed E-state index contributed by atoms with van der Waals surface area (Å²) < 4.78 is 11.3. The highest BCUT2D eigenvalue weighted by atomic mass is 32.1. The summed E-state index contributed by atoms with van der Waals surface area (Å²) in [5.74, 6) is 0.909. The third kappa shape index (κ3) is 3.77. The average Bonchev–Trinajstić information content (AvgIpc) is 3.30. The number of primary amides is 1. The van der Waals surface area contributed by atoms with Crippen molar-refractivity contribution in [3.63, 3.8) is 0 Å². The summed E-state index contributed by atoms with van der Waals surface area (Å²) in [6, 6.07) is 7.91. The maximum atomic E-state index is 12.5. The Morgan fingerprint density at radius 3 is 2.85 bits per heavy atom. The Labute approximate surface area is 161 Å². The molecule has 0 bridgehead atoms. The van der Waals surface area contributed by atoms with E-state index in [1.807, 2.05) is 12.1 Å². The zero-order valence-electron chi connectivity index (χ0n) is 14.8. The Balaban J connectivity index is 1.45. The Morgan fingerprint density at radius 2 is 2.04 bits per heavy atom. The van der Waals surface area contributed by atoms with Gasteiger partial charge in [-0.25, -0.2) is 0 Å². The van der Waals surface area contributed by atoms with Crippen LogP contribution in [0.3, 0.4) is 0 Å². The minimum Gasteiger partial charge on any atom is -0.486 e. The Bertz CT molecular complexity index is 866. The number of nitrogens with one attached hydrogen (secondary N) is 2. The molecule has 2 aliphatic rings. The van der Waals surface area contributed by atoms with Crippen molar-refractivity contribution in [2.45, 2.75) is 18.9 Å². The molecule has 0 radical (unpaired) electrons. The van der Waals surface area contributed by atoms with Crippen molar-refractivity contribution in [1.82, 2.24) is 0 Å². The number of anilines is 1. The standard InChI is InChI=1S/C19H21N3O4S/c20-18(24)13-5-9-27-19(13)21-17(23)11-22-6-1-2-14(22)12-3-4-15-16(10-12)26-8-7-25-15/h3-5,9-10,14H,1-2,6-8,11H2,(H2,20,24)(H,21,23)/p+1/t14-/m0/s1. The minimum absolute atomic E-state index is 0.112. The molecule has 1 aromatic carbocycles. The smallest absolute Gasteiger partial charge is 0.280 e. The molecule has 4 N–H and O–H groups in total. The van der Waals surface area contributed by atoms with Crippen molar-refractivity contribution in [3.8, 4) is 11.5 Å². The topological polar surface area (TPSA) is 95.1 Å². The molecule has 142 valence electrons. The number of hydrogen-bond donors (Lipinski definition) is 3. The molecule has 2 aliphatic heterocycles. The Kier molecular flexibility index (Phi) is 5.00. The molecule has 1 fully saturated rings. The number of ether oxygens (including phenoxy) is 2. The summed E-state index contributed by atoms with van der Waals surface area (Å²) in [5.41, 5.74) is 6.86. The SMILES string of the molecule is NC(=O)c1ccsc1NC(=O)C[NH+]1CCC[C@H]1c1ccc2c(c1)OCCO2. The van der Waals surface area contributed by atoms with Crippen LogP contribution in [0, 0.1) is 0 Å². The van der Waals surface area contributed by atoms with Gasteiger partial charge in [-0.05, 0) is 29.6 Å². The highest BCUT2D eigenvalue weighted by molar-refractivity contribution is 7.14. The lowest BCUT2D eigenvalue weighted by Gasteiger charge is -2.24. The van der Waals surface area contributed by atoms with E-state index >= 15 is 0 Å². The maximum absolute atomic E-state index is 12.5. The van der Waals surface area contributed by atoms with Gasteiger partial charge >= 0.3 is 0 Å². The number of rotatable bonds is 5. The molecule has 1 saturated heterocycles. The third-order valence-corrected chi connectivity index (χ3v) is 5.85. The molecule has 4 rings (SSSR count). The summed E-state index contributed by atoms with van der Waals surface area (Å²) >= 11 is 1.30. The van der Waals surface area contributed by atoms with Gasteiger partial charge in [-0.3, -0.25) is 9.59 Å². The van der Waals surface area contributed by atoms with Crippen LogP contribution < -0.4 is 25.4 Å². The number of carbonyl (C=O) groups excluding carboxylic acids is 2. The molecule has 0 spiro atoms. The van der Waals surface area contributed by atoms with E-state index in [0.29, 0.717) is 30.3 Å². The molecule has 2 atom stereocenters. The molecule has 1 unspecified atom stereocenters. The molecular formula is C19H22N3O4S+. The second kappa shape index (κ2) is 7.58. The molecule has 27 heavy (non-hydrogen) atoms. The highest BCUT2D eigenvalue weighted by Gasteiger charge is 2.32. The van der Waals surface area contributed by atoms with Crippen LogP contribution in [0.2, 0.25) is 0 Å². The fourth-order valence-electron chi connectivity index (χ4n) is 3.78. The molecule has 0 saturated carbocycles. The number of quaternary nitrogens is 1. The van der Waals surface area contributed by atoms with Crippen LogP contribution in [0.4, 0.5) is 5.00 Å². The Hall–Kier alpha value is -2.58. The lowest BCUT2D eigenvalue weighted by molar-refractivity contribution is -0.910. The lowest BCUT2D eigenvalue weighted by atomic mass is 10.0. The zero-order chi connectivity index (χ0) is 18.8. The number of hydrogen-bond acceptors (Lipinski definition) is 5. The predicted octanol–water partition coefficient (Wildman–Crippen LogP) is 0.977. The summed E-state index contributed by atoms with van der Waals surface area (Å²) in [5, 5.41) is 5.10. The van der Waals surface area contributed by atoms with Crippen molar-refractivity contribution in [3.05, 3.63) is 40.8 Å². The molecule has 7 nitrogen and oxygen atoms in total. The first-order valence-electron chi connectivity index (χ1n) is 9.03. The first kappa shape index (κ1) is 17.8. The van der Waals surface area contributed by atoms with Gasteiger partial charge in [-0.1, -0.05) is 0 Å². The van der Waals surface area contributed by atoms with Crippen molar-refractivity contribution < 1.29 is 24.0 Å². The number of carbonyl (C=O) groups is 2. The van der Waals surface area contributed by atoms with Crippen molar-refractivity contribution >= 4 is 28.2 Å². The van der Waals surface area contributed by atoms with E-state index in [0.717, 1.165) is 36.4 Å². The summed E-state index contributed by atoms with van der Waals surface area (Å²) in [7, 11) is 0. The van der Waals surface area contributed by atoms with Crippen LogP contribution in [-0.4, -0.2) is 38.1 Å². The summed E-state index contributed by atoms with van der Waals surface area (Å²) in [4.78, 5) is 25.2. The van der Waals surface area contributed by atoms with E-state index in [2.05, 4.69) is 11.4 Å². The van der Waals surface area contributed by atoms with E-state index in [9.17, 15) is 9.59 Å². The predicted molar refractivity (Wildman–Crippen MR) is 102 cm³/mol. The minimum atomic E-state index is -0.533. The number of fused-ring (bicyclic) bond motifs is 1. The van der Waals surface area contributed by atoms with Gasteiger partial charge in [0, 0.05) is 18.4 Å². The van der Waals surface area contributed by atoms with Gasteiger partial charge in [0.2, 0.25) is 0 Å². The van der Waals surface area contributed by atoms with Gasteiger partial charge in [-0.2, -0.15) is 0 Å². The van der Waals surface area contributed by atoms with Crippen molar-refractivity contribution in [1.29, 1.82) is 0 Å². The summed E-state index contributed by atoms with van der Waals surface area (Å²) in [6.45, 7) is 2.40. The zero-order valence-corrected chi connectivity index (χ0v) is 15.6. The van der Waals surface area contributed by atoms with Crippen LogP contribution in [0.15, 0.2) is 29.6 Å². The first-order chi connectivity index (χ1) is 13.1. The average molecular weight is 388 g/mol. The van der Waals surface area contributed by atoms with Crippen LogP contribution >= 0.6 is 11.3 Å². The highest BCUT2D eigenvalue weighted by Crippen LogP contribution is 2.33. The van der Waals surface area contributed by atoms with Gasteiger partial charge in [0.25, 0.3) is 11.8 Å². The lowest BCUT2D eigenvalue weighted by Crippen LogP contribution is -3.11. The van der Waals surface area contributed by atoms with Crippen LogP contribution in [0.1, 0.15) is 34.8 Å². The number of benzene rings is 1. The van der Waals surface area contributed by atoms with E-state index in [4.69, 9.17) is 15.2 Å². The van der Waals surface area contributed by atoms with Gasteiger partial charge in [0.1, 0.15) is 24.3 Å². The molecular weight excluding hydrogens is 366 g/mol. The largest absolute Gasteiger partial charge is 0.486 e. The molecule has 8 heteroatoms. The molecule has 2 amide bonds. The first-order valence-corrected chi connectivity index (χ1v) is 9.91. The fourth-order valence-corrected chi connectivity index (χ4v) is 4.59. The van der Waals surface area contributed by atoms with Gasteiger partial charge in [0.15, 0.2) is 18.0 Å². The quantitative estimate of drug-likeness (QED) is 0.712. The molecule has 0 aliphatic carbocycles. The second-order valence-electron chi connectivity index (χ2n) is 6.76. The van der Waals surface area contributed by atoms with Crippen molar-refractivity contribution in [2.75, 3.05) is 31.6 Å². The van der Waals surface area contributed by atoms with Gasteiger partial charge in [0.05, 0.1) is 12.1 Å². The molecule has 2 aromatic rings. The van der Waals surface area contributed by atoms with Crippen LogP contribution in [-0.2, 0) is 4.79 Å². The molecule has 3 heterocycles. The second-order valence-corrected chi connectivity index (χ2v) is 7.67.